The van der Waals surface area contributed by atoms with E-state index in [-0.39, 0.29) is 6.79 Å². The van der Waals surface area contributed by atoms with E-state index in [1.54, 1.807) is 0 Å². The van der Waals surface area contributed by atoms with E-state index in [9.17, 15) is 4.57 Å². The molecule has 29 heavy (non-hydrogen) atoms. The first-order valence-electron chi connectivity index (χ1n) is 9.45. The third-order valence-electron chi connectivity index (χ3n) is 4.96. The number of benzene rings is 3. The van der Waals surface area contributed by atoms with Crippen LogP contribution >= 0.6 is 23.1 Å². The average molecular weight is 473 g/mol. The Bertz CT molecular complexity index is 1040. The van der Waals surface area contributed by atoms with Gasteiger partial charge in [-0.05, 0) is 42.8 Å². The van der Waals surface area contributed by atoms with Gasteiger partial charge < -0.3 is 18.8 Å². The Morgan fingerprint density at radius 3 is 1.97 bits per heavy atom. The molecule has 0 spiro atoms. The molecule has 4 rings (SSSR count). The summed E-state index contributed by atoms with van der Waals surface area (Å²) in [5.74, 6) is 1.62. The van der Waals surface area contributed by atoms with Crippen molar-refractivity contribution in [2.45, 2.75) is 20.8 Å². The van der Waals surface area contributed by atoms with Gasteiger partial charge in [-0.2, -0.15) is 0 Å². The Hall–Kier alpha value is -2.23. The molecule has 0 saturated carbocycles. The van der Waals surface area contributed by atoms with E-state index in [1.165, 1.54) is 0 Å². The molecule has 150 valence electrons. The van der Waals surface area contributed by atoms with Gasteiger partial charge in [0.15, 0.2) is 18.6 Å². The van der Waals surface area contributed by atoms with Crippen LogP contribution in [-0.4, -0.2) is 13.4 Å². The molecule has 6 heteroatoms. The fraction of sp³-hybridized carbons (Fsp3) is 0.217. The third kappa shape index (κ3) is 3.47. The van der Waals surface area contributed by atoms with Crippen LogP contribution in [-0.2, 0) is 4.57 Å². The highest BCUT2D eigenvalue weighted by molar-refractivity contribution is 9.10. The molecule has 0 amide bonds. The summed E-state index contributed by atoms with van der Waals surface area (Å²) in [5.41, 5.74) is 2.23. The Morgan fingerprint density at radius 2 is 1.45 bits per heavy atom. The number of aryl methyl sites for hydroxylation is 2. The number of hydrogen-bond donors (Lipinski definition) is 0. The maximum Gasteiger partial charge on any atom is 0.231 e. The van der Waals surface area contributed by atoms with Gasteiger partial charge in [0.25, 0.3) is 0 Å². The summed E-state index contributed by atoms with van der Waals surface area (Å²) in [7, 11) is -3.20. The van der Waals surface area contributed by atoms with Crippen molar-refractivity contribution in [1.29, 1.82) is 0 Å². The normalized spacial score (nSPS) is 12.8. The Morgan fingerprint density at radius 1 is 0.931 bits per heavy atom. The van der Waals surface area contributed by atoms with Crippen LogP contribution in [0, 0.1) is 13.8 Å². The van der Waals surface area contributed by atoms with Crippen molar-refractivity contribution < 1.29 is 18.8 Å². The zero-order chi connectivity index (χ0) is 20.6. The van der Waals surface area contributed by atoms with Crippen LogP contribution in [0.25, 0.3) is 0 Å². The van der Waals surface area contributed by atoms with Crippen LogP contribution in [0.1, 0.15) is 18.1 Å². The second-order valence-electron chi connectivity index (χ2n) is 6.99. The molecular formula is C23H22BrO4P. The van der Waals surface area contributed by atoms with Crippen molar-refractivity contribution in [2.75, 3.05) is 13.4 Å². The van der Waals surface area contributed by atoms with Crippen molar-refractivity contribution in [3.8, 4) is 17.2 Å². The minimum absolute atomic E-state index is 0.108. The molecule has 0 aromatic heterocycles. The summed E-state index contributed by atoms with van der Waals surface area (Å²) in [5, 5.41) is 2.15. The molecule has 1 aliphatic rings. The average Bonchev–Trinajstić information content (AvgIpc) is 3.21. The summed E-state index contributed by atoms with van der Waals surface area (Å²) in [6, 6.07) is 17.5. The summed E-state index contributed by atoms with van der Waals surface area (Å²) in [6.07, 6.45) is 0. The number of ether oxygens (including phenoxy) is 3. The predicted octanol–water partition coefficient (Wildman–Crippen LogP) is 4.83. The molecule has 3 aromatic carbocycles. The van der Waals surface area contributed by atoms with Crippen LogP contribution in [0.4, 0.5) is 0 Å². The summed E-state index contributed by atoms with van der Waals surface area (Å²) >= 11 is 3.64. The minimum Gasteiger partial charge on any atom is -0.490 e. The molecule has 0 unspecified atom stereocenters. The molecule has 0 N–H and O–H groups in total. The van der Waals surface area contributed by atoms with Gasteiger partial charge in [-0.3, -0.25) is 0 Å². The van der Waals surface area contributed by atoms with E-state index in [0.29, 0.717) is 33.6 Å². The van der Waals surface area contributed by atoms with Gasteiger partial charge in [-0.25, -0.2) is 0 Å². The molecule has 1 heterocycles. The van der Waals surface area contributed by atoms with Gasteiger partial charge in [0, 0.05) is 15.9 Å². The van der Waals surface area contributed by atoms with E-state index in [1.807, 2.05) is 75.4 Å². The molecule has 0 bridgehead atoms. The lowest BCUT2D eigenvalue weighted by Gasteiger charge is -2.23. The van der Waals surface area contributed by atoms with E-state index in [4.69, 9.17) is 14.2 Å². The van der Waals surface area contributed by atoms with E-state index >= 15 is 0 Å². The largest absolute Gasteiger partial charge is 0.490 e. The quantitative estimate of drug-likeness (QED) is 0.498. The number of fused-ring (bicyclic) bond motifs is 1. The van der Waals surface area contributed by atoms with Gasteiger partial charge in [-0.15, -0.1) is 0 Å². The van der Waals surface area contributed by atoms with E-state index < -0.39 is 7.14 Å². The first kappa shape index (κ1) is 20.1. The Labute approximate surface area is 179 Å². The molecule has 1 aliphatic heterocycles. The molecule has 0 aliphatic carbocycles. The van der Waals surface area contributed by atoms with Crippen LogP contribution < -0.4 is 30.1 Å². The van der Waals surface area contributed by atoms with Crippen LogP contribution in [0.3, 0.4) is 0 Å². The van der Waals surface area contributed by atoms with Gasteiger partial charge in [0.2, 0.25) is 12.5 Å². The molecular weight excluding hydrogens is 451 g/mol. The SMILES string of the molecule is CCOc1cc(P(=O)(c2ccc(C)cc2)c2ccc(C)cc2)c(Br)c2c1OCO2. The van der Waals surface area contributed by atoms with E-state index in [2.05, 4.69) is 15.9 Å². The van der Waals surface area contributed by atoms with Crippen molar-refractivity contribution in [1.82, 2.24) is 0 Å². The van der Waals surface area contributed by atoms with Crippen LogP contribution in [0.15, 0.2) is 59.1 Å². The lowest BCUT2D eigenvalue weighted by Crippen LogP contribution is -2.26. The molecule has 0 radical (unpaired) electrons. The standard InChI is InChI=1S/C23H22BrO4P/c1-4-26-19-13-20(21(24)23-22(19)27-14-28-23)29(25,17-9-5-15(2)6-10-17)18-11-7-16(3)8-12-18/h5-13H,4,14H2,1-3H3. The number of hydrogen-bond acceptors (Lipinski definition) is 4. The highest BCUT2D eigenvalue weighted by Crippen LogP contribution is 2.52. The Kier molecular flexibility index (Phi) is 5.46. The van der Waals surface area contributed by atoms with E-state index in [0.717, 1.165) is 21.7 Å². The van der Waals surface area contributed by atoms with Crippen molar-refractivity contribution in [2.24, 2.45) is 0 Å². The maximum absolute atomic E-state index is 14.8. The highest BCUT2D eigenvalue weighted by atomic mass is 79.9. The van der Waals surface area contributed by atoms with Crippen LogP contribution in [0.2, 0.25) is 0 Å². The molecule has 3 aromatic rings. The highest BCUT2D eigenvalue weighted by Gasteiger charge is 2.36. The first-order chi connectivity index (χ1) is 13.9. The third-order valence-corrected chi connectivity index (χ3v) is 9.14. The molecule has 4 nitrogen and oxygen atoms in total. The predicted molar refractivity (Wildman–Crippen MR) is 120 cm³/mol. The number of halogens is 1. The number of rotatable bonds is 5. The zero-order valence-corrected chi connectivity index (χ0v) is 19.0. The Balaban J connectivity index is 2.02. The first-order valence-corrected chi connectivity index (χ1v) is 11.9. The van der Waals surface area contributed by atoms with Crippen molar-refractivity contribution in [3.05, 3.63) is 70.2 Å². The topological polar surface area (TPSA) is 44.8 Å². The summed E-state index contributed by atoms with van der Waals surface area (Å²) in [4.78, 5) is 0. The lowest BCUT2D eigenvalue weighted by molar-refractivity contribution is 0.169. The monoisotopic (exact) mass is 472 g/mol. The summed E-state index contributed by atoms with van der Waals surface area (Å²) < 4.78 is 32.6. The maximum atomic E-state index is 14.8. The van der Waals surface area contributed by atoms with Gasteiger partial charge >= 0.3 is 0 Å². The minimum atomic E-state index is -3.20. The van der Waals surface area contributed by atoms with Gasteiger partial charge in [0.1, 0.15) is 0 Å². The zero-order valence-electron chi connectivity index (χ0n) is 16.6. The molecule has 0 atom stereocenters. The van der Waals surface area contributed by atoms with Crippen molar-refractivity contribution >= 4 is 39.0 Å². The summed E-state index contributed by atoms with van der Waals surface area (Å²) in [6.45, 7) is 6.52. The smallest absolute Gasteiger partial charge is 0.231 e. The fourth-order valence-corrected chi connectivity index (χ4v) is 7.25. The van der Waals surface area contributed by atoms with Gasteiger partial charge in [-0.1, -0.05) is 59.7 Å². The lowest BCUT2D eigenvalue weighted by atomic mass is 10.2. The molecule has 0 saturated heterocycles. The molecule has 0 fully saturated rings. The second kappa shape index (κ2) is 7.89. The van der Waals surface area contributed by atoms with Gasteiger partial charge in [0.05, 0.1) is 11.1 Å². The fourth-order valence-electron chi connectivity index (χ4n) is 3.42. The van der Waals surface area contributed by atoms with Crippen molar-refractivity contribution in [3.63, 3.8) is 0 Å². The van der Waals surface area contributed by atoms with Crippen LogP contribution in [0.5, 0.6) is 17.2 Å². The second-order valence-corrected chi connectivity index (χ2v) is 10.5.